The summed E-state index contributed by atoms with van der Waals surface area (Å²) >= 11 is 1.42. The average Bonchev–Trinajstić information content (AvgIpc) is 3.44. The smallest absolute Gasteiger partial charge is 0.326 e. The Balaban J connectivity index is 2.85. The fourth-order valence-electron chi connectivity index (χ4n) is 4.22. The van der Waals surface area contributed by atoms with E-state index < -0.39 is 96.9 Å². The maximum atomic E-state index is 13.2. The number of carboxylic acid groups (broad SMARTS) is 2. The quantitative estimate of drug-likeness (QED) is 0.0704. The van der Waals surface area contributed by atoms with Crippen LogP contribution in [0.3, 0.4) is 0 Å². The van der Waals surface area contributed by atoms with Gasteiger partial charge in [-0.15, -0.1) is 0 Å². The zero-order valence-electron chi connectivity index (χ0n) is 24.3. The first kappa shape index (κ1) is 37.5. The number of amides is 5. The molecule has 1 aliphatic rings. The van der Waals surface area contributed by atoms with Crippen LogP contribution in [0.5, 0.6) is 0 Å². The van der Waals surface area contributed by atoms with E-state index in [-0.39, 0.29) is 25.8 Å². The van der Waals surface area contributed by atoms with E-state index in [1.807, 2.05) is 0 Å². The molecule has 0 unspecified atom stereocenters. The van der Waals surface area contributed by atoms with Crippen LogP contribution in [0, 0.1) is 0 Å². The number of carboxylic acids is 2. The van der Waals surface area contributed by atoms with Crippen LogP contribution < -0.4 is 27.0 Å². The molecule has 1 heterocycles. The van der Waals surface area contributed by atoms with E-state index in [0.29, 0.717) is 12.2 Å². The molecular weight excluding hydrogens is 592 g/mol. The van der Waals surface area contributed by atoms with E-state index in [0.717, 1.165) is 0 Å². The second kappa shape index (κ2) is 18.2. The van der Waals surface area contributed by atoms with Gasteiger partial charge in [0.15, 0.2) is 0 Å². The summed E-state index contributed by atoms with van der Waals surface area (Å²) < 4.78 is 0. The first-order chi connectivity index (χ1) is 20.1. The number of hydrogen-bond donors (Lipinski definition) is 9. The Bertz CT molecular complexity index is 1030. The molecule has 0 saturated carbocycles. The SMILES string of the molecule is CSCC[C@H](NC(=O)[C@@H]1CCCN1C(=O)[C@H](C)NC(=O)[C@@H](NC(=O)[C@H](CO)NC(=O)[C@@H](N)CCC(=O)O)[C@@H](C)O)C(=O)O. The van der Waals surface area contributed by atoms with Gasteiger partial charge in [-0.25, -0.2) is 4.79 Å². The number of nitrogens with zero attached hydrogens (tertiary/aromatic N) is 1. The van der Waals surface area contributed by atoms with Crippen molar-refractivity contribution in [3.8, 4) is 0 Å². The highest BCUT2D eigenvalue weighted by molar-refractivity contribution is 7.98. The molecule has 43 heavy (non-hydrogen) atoms. The Morgan fingerprint density at radius 2 is 1.58 bits per heavy atom. The van der Waals surface area contributed by atoms with Gasteiger partial charge in [-0.2, -0.15) is 11.8 Å². The first-order valence-corrected chi connectivity index (χ1v) is 15.0. The van der Waals surface area contributed by atoms with Crippen LogP contribution in [0.4, 0.5) is 0 Å². The molecule has 1 rings (SSSR count). The molecule has 1 aliphatic heterocycles. The summed E-state index contributed by atoms with van der Waals surface area (Å²) in [6.45, 7) is 1.79. The van der Waals surface area contributed by atoms with Crippen LogP contribution in [0.15, 0.2) is 0 Å². The van der Waals surface area contributed by atoms with Gasteiger partial charge in [0.2, 0.25) is 29.5 Å². The minimum atomic E-state index is -1.63. The van der Waals surface area contributed by atoms with Gasteiger partial charge in [0.05, 0.1) is 18.8 Å². The maximum absolute atomic E-state index is 13.2. The van der Waals surface area contributed by atoms with E-state index in [1.54, 1.807) is 6.26 Å². The largest absolute Gasteiger partial charge is 0.481 e. The number of rotatable bonds is 18. The predicted octanol–water partition coefficient (Wildman–Crippen LogP) is -3.66. The highest BCUT2D eigenvalue weighted by Crippen LogP contribution is 2.19. The topological polar surface area (TPSA) is 278 Å². The third-order valence-electron chi connectivity index (χ3n) is 6.68. The molecule has 17 nitrogen and oxygen atoms in total. The standard InChI is InChI=1S/C25H42N6O11S/c1-12(24(40)31-9-4-5-17(31)22(38)28-15(25(41)42)8-10-43-3)27-23(39)19(13(2)33)30-21(37)16(11-32)29-20(36)14(26)6-7-18(34)35/h12-17,19,32-33H,4-11,26H2,1-3H3,(H,27,39)(H,28,38)(H,29,36)(H,30,37)(H,34,35)(H,41,42)/t12-,13+,14-,15-,16-,17-,19-/m0/s1. The van der Waals surface area contributed by atoms with Crippen molar-refractivity contribution in [1.82, 2.24) is 26.2 Å². The average molecular weight is 635 g/mol. The number of nitrogens with one attached hydrogen (secondary N) is 4. The lowest BCUT2D eigenvalue weighted by atomic mass is 10.1. The molecule has 7 atom stereocenters. The number of hydrogen-bond acceptors (Lipinski definition) is 11. The normalized spacial score (nSPS) is 18.7. The number of likely N-dealkylation sites (tertiary alicyclic amines) is 1. The molecule has 18 heteroatoms. The van der Waals surface area contributed by atoms with Gasteiger partial charge in [0.25, 0.3) is 0 Å². The summed E-state index contributed by atoms with van der Waals surface area (Å²) in [5.41, 5.74) is 5.61. The van der Waals surface area contributed by atoms with Gasteiger partial charge in [-0.3, -0.25) is 28.8 Å². The zero-order chi connectivity index (χ0) is 32.9. The summed E-state index contributed by atoms with van der Waals surface area (Å²) in [5.74, 6) is -6.12. The van der Waals surface area contributed by atoms with Crippen LogP contribution in [0.2, 0.25) is 0 Å². The molecule has 0 bridgehead atoms. The van der Waals surface area contributed by atoms with Crippen molar-refractivity contribution in [3.05, 3.63) is 0 Å². The Morgan fingerprint density at radius 3 is 2.12 bits per heavy atom. The third kappa shape index (κ3) is 12.0. The molecule has 5 amide bonds. The zero-order valence-corrected chi connectivity index (χ0v) is 25.1. The lowest BCUT2D eigenvalue weighted by Crippen LogP contribution is -2.61. The third-order valence-corrected chi connectivity index (χ3v) is 7.32. The van der Waals surface area contributed by atoms with Crippen LogP contribution in [-0.2, 0) is 33.6 Å². The van der Waals surface area contributed by atoms with Gasteiger partial charge in [0, 0.05) is 13.0 Å². The van der Waals surface area contributed by atoms with E-state index in [2.05, 4.69) is 21.3 Å². The van der Waals surface area contributed by atoms with Crippen molar-refractivity contribution in [2.45, 2.75) is 88.3 Å². The van der Waals surface area contributed by atoms with Gasteiger partial charge in [-0.05, 0) is 51.5 Å². The Hall–Kier alpha value is -3.48. The van der Waals surface area contributed by atoms with Crippen LogP contribution in [0.25, 0.3) is 0 Å². The van der Waals surface area contributed by atoms with E-state index in [4.69, 9.17) is 10.8 Å². The summed E-state index contributed by atoms with van der Waals surface area (Å²) in [6.07, 6.45) is 0.618. The van der Waals surface area contributed by atoms with Crippen LogP contribution >= 0.6 is 11.8 Å². The predicted molar refractivity (Wildman–Crippen MR) is 152 cm³/mol. The van der Waals surface area contributed by atoms with Crippen molar-refractivity contribution in [2.24, 2.45) is 5.73 Å². The number of thioether (sulfide) groups is 1. The highest BCUT2D eigenvalue weighted by Gasteiger charge is 2.39. The highest BCUT2D eigenvalue weighted by atomic mass is 32.2. The van der Waals surface area contributed by atoms with Crippen molar-refractivity contribution in [2.75, 3.05) is 25.2 Å². The van der Waals surface area contributed by atoms with Crippen molar-refractivity contribution in [3.63, 3.8) is 0 Å². The molecule has 1 saturated heterocycles. The number of nitrogens with two attached hydrogens (primary N) is 1. The number of aliphatic carboxylic acids is 2. The lowest BCUT2D eigenvalue weighted by Gasteiger charge is -2.29. The molecule has 0 aromatic heterocycles. The maximum Gasteiger partial charge on any atom is 0.326 e. The fourth-order valence-corrected chi connectivity index (χ4v) is 4.69. The van der Waals surface area contributed by atoms with Crippen LogP contribution in [0.1, 0.15) is 46.0 Å². The van der Waals surface area contributed by atoms with Gasteiger partial charge < -0.3 is 52.3 Å². The monoisotopic (exact) mass is 634 g/mol. The van der Waals surface area contributed by atoms with E-state index >= 15 is 0 Å². The minimum Gasteiger partial charge on any atom is -0.481 e. The van der Waals surface area contributed by atoms with E-state index in [1.165, 1.54) is 30.5 Å². The number of carbonyl (C=O) groups is 7. The second-order valence-corrected chi connectivity index (χ2v) is 11.1. The van der Waals surface area contributed by atoms with Gasteiger partial charge >= 0.3 is 11.9 Å². The van der Waals surface area contributed by atoms with Crippen molar-refractivity contribution in [1.29, 1.82) is 0 Å². The lowest BCUT2D eigenvalue weighted by molar-refractivity contribution is -0.145. The molecule has 10 N–H and O–H groups in total. The van der Waals surface area contributed by atoms with Crippen molar-refractivity contribution < 1.29 is 54.0 Å². The van der Waals surface area contributed by atoms with E-state index in [9.17, 15) is 48.9 Å². The molecule has 0 aromatic rings. The summed E-state index contributed by atoms with van der Waals surface area (Å²) in [6, 6.07) is -7.80. The molecular formula is C25H42N6O11S. The molecule has 0 aliphatic carbocycles. The second-order valence-electron chi connectivity index (χ2n) is 10.1. The molecule has 0 aromatic carbocycles. The summed E-state index contributed by atoms with van der Waals surface area (Å²) in [5, 5.41) is 47.0. The van der Waals surface area contributed by atoms with Crippen molar-refractivity contribution >= 4 is 53.2 Å². The minimum absolute atomic E-state index is 0.183. The molecule has 244 valence electrons. The molecule has 0 radical (unpaired) electrons. The van der Waals surface area contributed by atoms with Crippen LogP contribution in [-0.4, -0.2) is 134 Å². The Kier molecular flexibility index (Phi) is 15.9. The molecule has 0 spiro atoms. The number of aliphatic hydroxyl groups is 2. The molecule has 1 fully saturated rings. The first-order valence-electron chi connectivity index (χ1n) is 13.6. The Labute approximate surface area is 252 Å². The number of carbonyl (C=O) groups excluding carboxylic acids is 5. The number of aliphatic hydroxyl groups excluding tert-OH is 2. The van der Waals surface area contributed by atoms with Gasteiger partial charge in [-0.1, -0.05) is 0 Å². The Morgan fingerprint density at radius 1 is 0.930 bits per heavy atom. The summed E-state index contributed by atoms with van der Waals surface area (Å²) in [7, 11) is 0. The van der Waals surface area contributed by atoms with Gasteiger partial charge in [0.1, 0.15) is 30.2 Å². The fraction of sp³-hybridized carbons (Fsp3) is 0.720. The summed E-state index contributed by atoms with van der Waals surface area (Å²) in [4.78, 5) is 87.3.